The first kappa shape index (κ1) is 16.2. The monoisotopic (exact) mass is 298 g/mol. The van der Waals surface area contributed by atoms with Crippen molar-refractivity contribution >= 4 is 29.1 Å². The van der Waals surface area contributed by atoms with Crippen molar-refractivity contribution in [1.82, 2.24) is 10.6 Å². The van der Waals surface area contributed by atoms with Crippen molar-refractivity contribution in [2.24, 2.45) is 0 Å². The van der Waals surface area contributed by atoms with Crippen LogP contribution < -0.4 is 10.6 Å². The minimum Gasteiger partial charge on any atom is -0.451 e. The molecule has 20 heavy (non-hydrogen) atoms. The Bertz CT molecular complexity index is 498. The maximum Gasteiger partial charge on any atom is 0.349 e. The van der Waals surface area contributed by atoms with Crippen LogP contribution in [-0.4, -0.2) is 37.0 Å². The number of hydrogen-bond acceptors (Lipinski definition) is 5. The lowest BCUT2D eigenvalue weighted by atomic mass is 10.3. The van der Waals surface area contributed by atoms with Gasteiger partial charge in [-0.3, -0.25) is 9.59 Å². The van der Waals surface area contributed by atoms with Gasteiger partial charge in [-0.25, -0.2) is 4.79 Å². The highest BCUT2D eigenvalue weighted by Crippen LogP contribution is 2.16. The Kier molecular flexibility index (Phi) is 6.17. The zero-order chi connectivity index (χ0) is 15.1. The van der Waals surface area contributed by atoms with Crippen molar-refractivity contribution in [3.05, 3.63) is 21.9 Å². The average molecular weight is 298 g/mol. The van der Waals surface area contributed by atoms with E-state index in [1.807, 2.05) is 0 Å². The highest BCUT2D eigenvalue weighted by molar-refractivity contribution is 7.12. The molecule has 110 valence electrons. The summed E-state index contributed by atoms with van der Waals surface area (Å²) in [5, 5.41) is 6.82. The van der Waals surface area contributed by atoms with Crippen LogP contribution in [0.25, 0.3) is 0 Å². The first-order chi connectivity index (χ1) is 9.45. The lowest BCUT2D eigenvalue weighted by Gasteiger charge is -2.13. The van der Waals surface area contributed by atoms with Gasteiger partial charge in [0.1, 0.15) is 10.9 Å². The number of ether oxygens (including phenoxy) is 1. The van der Waals surface area contributed by atoms with E-state index < -0.39 is 24.5 Å². The van der Waals surface area contributed by atoms with Gasteiger partial charge < -0.3 is 15.4 Å². The summed E-state index contributed by atoms with van der Waals surface area (Å²) in [6.07, 6.45) is 0. The van der Waals surface area contributed by atoms with Crippen LogP contribution in [0.2, 0.25) is 0 Å². The fourth-order valence-corrected chi connectivity index (χ4v) is 2.27. The van der Waals surface area contributed by atoms with E-state index in [9.17, 15) is 14.4 Å². The Balaban J connectivity index is 2.38. The van der Waals surface area contributed by atoms with E-state index in [0.29, 0.717) is 11.4 Å². The molecule has 2 amide bonds. The van der Waals surface area contributed by atoms with Crippen LogP contribution in [0.15, 0.2) is 11.4 Å². The molecule has 0 bridgehead atoms. The molecule has 0 fully saturated rings. The molecule has 0 aliphatic heterocycles. The minimum atomic E-state index is -0.662. The Morgan fingerprint density at radius 2 is 2.10 bits per heavy atom. The van der Waals surface area contributed by atoms with Gasteiger partial charge in [-0.15, -0.1) is 11.3 Å². The summed E-state index contributed by atoms with van der Waals surface area (Å²) in [6, 6.07) is 1.14. The summed E-state index contributed by atoms with van der Waals surface area (Å²) in [5.41, 5.74) is 0.816. The maximum atomic E-state index is 11.7. The van der Waals surface area contributed by atoms with Crippen molar-refractivity contribution in [3.8, 4) is 0 Å². The lowest BCUT2D eigenvalue weighted by molar-refractivity contribution is -0.130. The summed E-state index contributed by atoms with van der Waals surface area (Å²) in [5.74, 6) is -1.31. The molecule has 1 aromatic heterocycles. The highest BCUT2D eigenvalue weighted by Gasteiger charge is 2.17. The van der Waals surface area contributed by atoms with Crippen LogP contribution in [0.5, 0.6) is 0 Å². The second kappa shape index (κ2) is 7.64. The normalized spacial score (nSPS) is 11.6. The number of nitrogens with one attached hydrogen (secondary N) is 2. The molecule has 0 unspecified atom stereocenters. The number of likely N-dealkylation sites (N-methyl/N-ethyl adjacent to an activating group) is 1. The molecule has 1 rings (SSSR count). The van der Waals surface area contributed by atoms with E-state index in [-0.39, 0.29) is 5.91 Å². The third-order valence-corrected chi connectivity index (χ3v) is 3.50. The Labute approximate surface area is 121 Å². The average Bonchev–Trinajstić information content (AvgIpc) is 2.82. The van der Waals surface area contributed by atoms with Crippen LogP contribution in [0, 0.1) is 6.92 Å². The van der Waals surface area contributed by atoms with Gasteiger partial charge in [0.15, 0.2) is 6.61 Å². The quantitative estimate of drug-likeness (QED) is 0.763. The van der Waals surface area contributed by atoms with Gasteiger partial charge in [-0.1, -0.05) is 0 Å². The Morgan fingerprint density at radius 1 is 1.40 bits per heavy atom. The van der Waals surface area contributed by atoms with Crippen LogP contribution in [0.4, 0.5) is 0 Å². The lowest BCUT2D eigenvalue weighted by Crippen LogP contribution is -2.46. The SMILES string of the molecule is CCNC(=O)[C@H](C)NC(=O)COC(=O)c1sccc1C. The number of esters is 1. The van der Waals surface area contributed by atoms with Gasteiger partial charge >= 0.3 is 5.97 Å². The number of aryl methyl sites for hydroxylation is 1. The van der Waals surface area contributed by atoms with Gasteiger partial charge in [0.25, 0.3) is 5.91 Å². The predicted molar refractivity (Wildman–Crippen MR) is 75.6 cm³/mol. The summed E-state index contributed by atoms with van der Waals surface area (Å²) in [6.45, 7) is 5.24. The molecule has 0 spiro atoms. The van der Waals surface area contributed by atoms with E-state index in [1.165, 1.54) is 11.3 Å². The van der Waals surface area contributed by atoms with E-state index in [0.717, 1.165) is 5.56 Å². The van der Waals surface area contributed by atoms with Crippen molar-refractivity contribution in [2.45, 2.75) is 26.8 Å². The number of amides is 2. The molecular weight excluding hydrogens is 280 g/mol. The van der Waals surface area contributed by atoms with E-state index in [4.69, 9.17) is 4.74 Å². The van der Waals surface area contributed by atoms with Crippen LogP contribution in [0.1, 0.15) is 29.1 Å². The molecule has 0 saturated carbocycles. The van der Waals surface area contributed by atoms with Crippen molar-refractivity contribution < 1.29 is 19.1 Å². The fraction of sp³-hybridized carbons (Fsp3) is 0.462. The third kappa shape index (κ3) is 4.65. The second-order valence-corrected chi connectivity index (χ2v) is 5.11. The number of thiophene rings is 1. The van der Waals surface area contributed by atoms with Crippen LogP contribution >= 0.6 is 11.3 Å². The van der Waals surface area contributed by atoms with Crippen molar-refractivity contribution in [1.29, 1.82) is 0 Å². The third-order valence-electron chi connectivity index (χ3n) is 2.50. The van der Waals surface area contributed by atoms with Gasteiger partial charge in [-0.05, 0) is 37.8 Å². The summed E-state index contributed by atoms with van der Waals surface area (Å²) < 4.78 is 4.90. The summed E-state index contributed by atoms with van der Waals surface area (Å²) in [7, 11) is 0. The van der Waals surface area contributed by atoms with E-state index in [1.54, 1.807) is 32.2 Å². The molecule has 0 aliphatic rings. The Hall–Kier alpha value is -1.89. The molecule has 0 aromatic carbocycles. The van der Waals surface area contributed by atoms with Crippen molar-refractivity contribution in [2.75, 3.05) is 13.2 Å². The molecular formula is C13H18N2O4S. The molecule has 6 nitrogen and oxygen atoms in total. The molecule has 0 aliphatic carbocycles. The predicted octanol–water partition coefficient (Wildman–Crippen LogP) is 0.854. The molecule has 0 radical (unpaired) electrons. The molecule has 7 heteroatoms. The topological polar surface area (TPSA) is 84.5 Å². The van der Waals surface area contributed by atoms with Gasteiger partial charge in [0, 0.05) is 6.54 Å². The molecule has 2 N–H and O–H groups in total. The van der Waals surface area contributed by atoms with Gasteiger partial charge in [-0.2, -0.15) is 0 Å². The molecule has 1 aromatic rings. The van der Waals surface area contributed by atoms with Crippen LogP contribution in [0.3, 0.4) is 0 Å². The zero-order valence-electron chi connectivity index (χ0n) is 11.7. The maximum absolute atomic E-state index is 11.7. The van der Waals surface area contributed by atoms with Gasteiger partial charge in [0.05, 0.1) is 0 Å². The molecule has 1 atom stereocenters. The second-order valence-electron chi connectivity index (χ2n) is 4.19. The largest absolute Gasteiger partial charge is 0.451 e. The van der Waals surface area contributed by atoms with Gasteiger partial charge in [0.2, 0.25) is 5.91 Å². The van der Waals surface area contributed by atoms with E-state index in [2.05, 4.69) is 10.6 Å². The number of carbonyl (C=O) groups excluding carboxylic acids is 3. The first-order valence-corrected chi connectivity index (χ1v) is 7.12. The molecule has 0 saturated heterocycles. The highest BCUT2D eigenvalue weighted by atomic mass is 32.1. The zero-order valence-corrected chi connectivity index (χ0v) is 12.5. The number of carbonyl (C=O) groups is 3. The number of rotatable bonds is 6. The molecule has 1 heterocycles. The smallest absolute Gasteiger partial charge is 0.349 e. The van der Waals surface area contributed by atoms with Crippen molar-refractivity contribution in [3.63, 3.8) is 0 Å². The van der Waals surface area contributed by atoms with E-state index >= 15 is 0 Å². The first-order valence-electron chi connectivity index (χ1n) is 6.24. The minimum absolute atomic E-state index is 0.277. The standard InChI is InChI=1S/C13H18N2O4S/c1-4-14-12(17)9(3)15-10(16)7-19-13(18)11-8(2)5-6-20-11/h5-6,9H,4,7H2,1-3H3,(H,14,17)(H,15,16)/t9-/m0/s1. The Morgan fingerprint density at radius 3 is 2.65 bits per heavy atom. The summed E-state index contributed by atoms with van der Waals surface area (Å²) >= 11 is 1.26. The van der Waals surface area contributed by atoms with Crippen LogP contribution in [-0.2, 0) is 14.3 Å². The number of hydrogen-bond donors (Lipinski definition) is 2. The fourth-order valence-electron chi connectivity index (χ4n) is 1.45. The summed E-state index contributed by atoms with van der Waals surface area (Å²) in [4.78, 5) is 35.1.